The molecular weight excluding hydrogens is 536 g/mol. The Bertz CT molecular complexity index is 523. The third-order valence-corrected chi connectivity index (χ3v) is 2.43. The van der Waals surface area contributed by atoms with Crippen molar-refractivity contribution in [3.63, 3.8) is 0 Å². The van der Waals surface area contributed by atoms with Crippen molar-refractivity contribution in [2.24, 2.45) is 0 Å². The summed E-state index contributed by atoms with van der Waals surface area (Å²) in [6.45, 7) is 0. The van der Waals surface area contributed by atoms with Crippen LogP contribution in [0, 0.1) is 0 Å². The summed E-state index contributed by atoms with van der Waals surface area (Å²) in [6, 6.07) is 18.6. The van der Waals surface area contributed by atoms with Crippen LogP contribution in [0.4, 0.5) is 0 Å². The van der Waals surface area contributed by atoms with Crippen molar-refractivity contribution in [2.45, 2.75) is 0 Å². The normalized spacial score (nSPS) is 9.53. The summed E-state index contributed by atoms with van der Waals surface area (Å²) in [7, 11) is 0. The molecule has 3 aromatic rings. The van der Waals surface area contributed by atoms with Crippen molar-refractivity contribution in [3.8, 4) is 0 Å². The van der Waals surface area contributed by atoms with Crippen LogP contribution in [-0.2, 0) is 15.6 Å². The standard InChI is InChI=1S/C13H9N.Cd.2HI/c1-3-7-12-10(5-1)9-11-6-2-4-8-13(11)14-12;;;/h1-9H;;2*1H/q;+2;;/p-2. The van der Waals surface area contributed by atoms with E-state index < -0.39 is 0 Å². The first kappa shape index (κ1) is 13.9. The summed E-state index contributed by atoms with van der Waals surface area (Å²) in [5, 5.41) is 2.40. The molecule has 0 spiro atoms. The number of para-hydroxylation sites is 2. The molecule has 0 radical (unpaired) electrons. The summed E-state index contributed by atoms with van der Waals surface area (Å²) in [5.41, 5.74) is 2.12. The Hall–Kier alpha value is 0.492. The van der Waals surface area contributed by atoms with E-state index in [0.717, 1.165) is 11.0 Å². The van der Waals surface area contributed by atoms with E-state index in [0.29, 0.717) is 0 Å². The number of aromatic nitrogens is 1. The van der Waals surface area contributed by atoms with Crippen LogP contribution in [0.1, 0.15) is 0 Å². The van der Waals surface area contributed by atoms with Gasteiger partial charge < -0.3 is 0 Å². The zero-order valence-electron chi connectivity index (χ0n) is 9.11. The van der Waals surface area contributed by atoms with Crippen LogP contribution >= 0.6 is 35.5 Å². The molecule has 0 aliphatic rings. The van der Waals surface area contributed by atoms with Gasteiger partial charge in [-0.25, -0.2) is 4.98 Å². The fourth-order valence-corrected chi connectivity index (χ4v) is 1.72. The number of hydrogen-bond donors (Lipinski definition) is 0. The fraction of sp³-hybridized carbons (Fsp3) is 0. The molecule has 0 N–H and O–H groups in total. The molecule has 0 bridgehead atoms. The van der Waals surface area contributed by atoms with Crippen molar-refractivity contribution in [2.75, 3.05) is 0 Å². The molecule has 0 atom stereocenters. The minimum Gasteiger partial charge on any atom is -0.248 e. The van der Waals surface area contributed by atoms with Gasteiger partial charge in [-0.2, -0.15) is 0 Å². The molecule has 0 amide bonds. The third-order valence-electron chi connectivity index (χ3n) is 2.43. The Labute approximate surface area is 131 Å². The van der Waals surface area contributed by atoms with Crippen LogP contribution in [0.5, 0.6) is 0 Å². The molecule has 0 saturated heterocycles. The Morgan fingerprint density at radius 1 is 0.765 bits per heavy atom. The molecule has 17 heavy (non-hydrogen) atoms. The van der Waals surface area contributed by atoms with Crippen molar-refractivity contribution < 1.29 is 15.6 Å². The maximum Gasteiger partial charge on any atom is 0.0709 e. The second kappa shape index (κ2) is 7.17. The van der Waals surface area contributed by atoms with Crippen LogP contribution in [0.15, 0.2) is 54.6 Å². The summed E-state index contributed by atoms with van der Waals surface area (Å²) >= 11 is 4.90. The van der Waals surface area contributed by atoms with Gasteiger partial charge in [0.25, 0.3) is 0 Å². The Morgan fingerprint density at radius 2 is 1.18 bits per heavy atom. The molecule has 0 saturated carbocycles. The number of halogens is 2. The molecule has 1 nitrogen and oxygen atoms in total. The summed E-state index contributed by atoms with van der Waals surface area (Å²) in [4.78, 5) is 4.58. The molecule has 0 aliphatic heterocycles. The van der Waals surface area contributed by atoms with E-state index in [1.165, 1.54) is 10.8 Å². The molecule has 1 heterocycles. The van der Waals surface area contributed by atoms with Gasteiger partial charge in [0.2, 0.25) is 0 Å². The Balaban J connectivity index is 0.000000329. The molecule has 3 rings (SSSR count). The first-order valence-corrected chi connectivity index (χ1v) is 28.7. The number of benzene rings is 2. The fourth-order valence-electron chi connectivity index (χ4n) is 1.72. The molecule has 4 heteroatoms. The van der Waals surface area contributed by atoms with Crippen molar-refractivity contribution in [1.29, 1.82) is 0 Å². The largest absolute Gasteiger partial charge is 0.248 e. The maximum absolute atomic E-state index is 4.58. The van der Waals surface area contributed by atoms with Crippen LogP contribution in [0.2, 0.25) is 0 Å². The number of pyridine rings is 1. The summed E-state index contributed by atoms with van der Waals surface area (Å²) < 4.78 is 0. The van der Waals surface area contributed by atoms with E-state index in [4.69, 9.17) is 0 Å². The SMILES string of the molecule is [I][Cd][I].c1ccc2nc3ccccc3cc2c1. The second-order valence-corrected chi connectivity index (χ2v) is 33.9. The van der Waals surface area contributed by atoms with E-state index >= 15 is 0 Å². The average molecular weight is 545 g/mol. The Kier molecular flexibility index (Phi) is 5.87. The van der Waals surface area contributed by atoms with Crippen molar-refractivity contribution >= 4 is 57.3 Å². The van der Waals surface area contributed by atoms with Gasteiger partial charge in [-0.3, -0.25) is 0 Å². The van der Waals surface area contributed by atoms with Crippen LogP contribution in [0.25, 0.3) is 21.8 Å². The van der Waals surface area contributed by atoms with Crippen molar-refractivity contribution in [1.82, 2.24) is 4.98 Å². The van der Waals surface area contributed by atoms with Gasteiger partial charge in [0, 0.05) is 10.8 Å². The second-order valence-electron chi connectivity index (χ2n) is 3.47. The number of nitrogens with zero attached hydrogens (tertiary/aromatic N) is 1. The quantitative estimate of drug-likeness (QED) is 0.216. The van der Waals surface area contributed by atoms with Gasteiger partial charge in [-0.1, -0.05) is 36.4 Å². The molecule has 0 aliphatic carbocycles. The van der Waals surface area contributed by atoms with Crippen LogP contribution < -0.4 is 0 Å². The third kappa shape index (κ3) is 3.73. The zero-order chi connectivity index (χ0) is 12.1. The predicted octanol–water partition coefficient (Wildman–Crippen LogP) is 5.16. The predicted molar refractivity (Wildman–Crippen MR) is 87.3 cm³/mol. The Morgan fingerprint density at radius 3 is 1.65 bits per heavy atom. The molecule has 0 fully saturated rings. The van der Waals surface area contributed by atoms with Crippen LogP contribution in [-0.4, -0.2) is 4.98 Å². The molecule has 1 aromatic heterocycles. The number of rotatable bonds is 0. The van der Waals surface area contributed by atoms with Gasteiger partial charge >= 0.3 is 51.2 Å². The molecule has 2 aromatic carbocycles. The minimum absolute atomic E-state index is 0.0700. The van der Waals surface area contributed by atoms with E-state index in [1.807, 2.05) is 36.4 Å². The topological polar surface area (TPSA) is 12.9 Å². The first-order valence-electron chi connectivity index (χ1n) is 5.21. The maximum atomic E-state index is 4.58. The van der Waals surface area contributed by atoms with E-state index in [9.17, 15) is 0 Å². The van der Waals surface area contributed by atoms with E-state index in [-0.39, 0.29) is 15.6 Å². The minimum atomic E-state index is -0.0700. The van der Waals surface area contributed by atoms with Gasteiger partial charge in [-0.05, 0) is 18.2 Å². The van der Waals surface area contributed by atoms with E-state index in [2.05, 4.69) is 58.7 Å². The van der Waals surface area contributed by atoms with E-state index in [1.54, 1.807) is 0 Å². The number of hydrogen-bond acceptors (Lipinski definition) is 1. The summed E-state index contributed by atoms with van der Waals surface area (Å²) in [6.07, 6.45) is 0. The van der Waals surface area contributed by atoms with Gasteiger partial charge in [0.15, 0.2) is 0 Å². The van der Waals surface area contributed by atoms with Gasteiger partial charge in [0.05, 0.1) is 11.0 Å². The van der Waals surface area contributed by atoms with Gasteiger partial charge in [0.1, 0.15) is 0 Å². The smallest absolute Gasteiger partial charge is 0.0709 e. The monoisotopic (exact) mass is 547 g/mol. The molecule has 82 valence electrons. The molecule has 0 unspecified atom stereocenters. The first-order chi connectivity index (χ1) is 8.35. The van der Waals surface area contributed by atoms with Crippen molar-refractivity contribution in [3.05, 3.63) is 54.6 Å². The molecular formula is C13H9CdI2N. The zero-order valence-corrected chi connectivity index (χ0v) is 17.5. The number of fused-ring (bicyclic) bond motifs is 2. The van der Waals surface area contributed by atoms with Gasteiger partial charge in [-0.15, -0.1) is 0 Å². The average Bonchev–Trinajstić information content (AvgIpc) is 2.37. The van der Waals surface area contributed by atoms with Crippen LogP contribution in [0.3, 0.4) is 0 Å². The summed E-state index contributed by atoms with van der Waals surface area (Å²) in [5.74, 6) is 0.